The number of rotatable bonds is 9. The first-order chi connectivity index (χ1) is 29.6. The number of fused-ring (bicyclic) bond motifs is 3. The zero-order valence-electron chi connectivity index (χ0n) is 32.6. The van der Waals surface area contributed by atoms with Crippen LogP contribution in [0.25, 0.3) is 80.4 Å². The second kappa shape index (κ2) is 16.4. The monoisotopic (exact) mass is 824 g/mol. The number of aliphatic imine (C=N–C) groups is 2. The zero-order valence-corrected chi connectivity index (χ0v) is 35.1. The molecule has 7 heteroatoms. The van der Waals surface area contributed by atoms with Crippen LogP contribution in [0, 0.1) is 0 Å². The average Bonchev–Trinajstić information content (AvgIpc) is 4.02. The maximum Gasteiger partial charge on any atom is 0.160 e. The van der Waals surface area contributed by atoms with Crippen LogP contribution in [-0.4, -0.2) is 21.5 Å². The van der Waals surface area contributed by atoms with E-state index in [9.17, 15) is 0 Å². The molecule has 0 aliphatic rings. The molecule has 0 N–H and O–H groups in total. The van der Waals surface area contributed by atoms with Crippen molar-refractivity contribution in [2.45, 2.75) is 6.92 Å². The largest absolute Gasteiger partial charge is 0.236 e. The molecule has 4 nitrogen and oxygen atoms in total. The smallest absolute Gasteiger partial charge is 0.160 e. The van der Waals surface area contributed by atoms with Crippen molar-refractivity contribution in [2.24, 2.45) is 9.98 Å². The molecule has 10 rings (SSSR count). The molecular weight excluding hydrogens is 789 g/mol. The maximum atomic E-state index is 5.05. The number of thiophene rings is 3. The number of hydrogen-bond donors (Lipinski definition) is 0. The molecule has 0 spiro atoms. The van der Waals surface area contributed by atoms with Crippen LogP contribution >= 0.6 is 34.0 Å². The highest BCUT2D eigenvalue weighted by Crippen LogP contribution is 2.50. The lowest BCUT2D eigenvalue weighted by atomic mass is 9.96. The van der Waals surface area contributed by atoms with E-state index in [0.29, 0.717) is 17.4 Å². The number of aromatic nitrogens is 2. The molecule has 0 saturated heterocycles. The summed E-state index contributed by atoms with van der Waals surface area (Å²) in [6, 6.07) is 56.5. The standard InChI is InChI=1S/C53H36N4S3/c1-34(36-16-7-3-8-17-36)56-51(39-22-13-6-14-23-39)57-35(2)40-24-15-25-41(26-40)46-32-58-52-48(46)49-47(33-59-53(49)60-52)45-30-54-50(55-31-45)44-28-42(37-18-9-4-10-19-37)27-43(29-44)38-20-11-5-12-21-38/h3-33H,2H2,1H3. The van der Waals surface area contributed by atoms with Crippen LogP contribution in [0.5, 0.6) is 0 Å². The molecule has 0 bridgehead atoms. The normalized spacial score (nSPS) is 12.0. The van der Waals surface area contributed by atoms with Gasteiger partial charge < -0.3 is 0 Å². The van der Waals surface area contributed by atoms with Crippen LogP contribution in [0.4, 0.5) is 0 Å². The zero-order chi connectivity index (χ0) is 40.4. The van der Waals surface area contributed by atoms with Gasteiger partial charge in [0.15, 0.2) is 11.7 Å². The Labute approximate surface area is 360 Å². The fraction of sp³-hybridized carbons (Fsp3) is 0.0189. The van der Waals surface area contributed by atoms with Crippen molar-refractivity contribution in [1.82, 2.24) is 9.97 Å². The fourth-order valence-electron chi connectivity index (χ4n) is 7.48. The van der Waals surface area contributed by atoms with Gasteiger partial charge in [0.25, 0.3) is 0 Å². The lowest BCUT2D eigenvalue weighted by molar-refractivity contribution is 1.18. The van der Waals surface area contributed by atoms with E-state index >= 15 is 0 Å². The third-order valence-electron chi connectivity index (χ3n) is 10.6. The van der Waals surface area contributed by atoms with Crippen molar-refractivity contribution >= 4 is 70.1 Å². The summed E-state index contributed by atoms with van der Waals surface area (Å²) in [5.74, 6) is 1.32. The van der Waals surface area contributed by atoms with Crippen LogP contribution in [0.2, 0.25) is 0 Å². The topological polar surface area (TPSA) is 50.5 Å². The van der Waals surface area contributed by atoms with Gasteiger partial charge in [0.2, 0.25) is 0 Å². The molecule has 6 aromatic carbocycles. The second-order valence-electron chi connectivity index (χ2n) is 14.4. The highest BCUT2D eigenvalue weighted by Gasteiger charge is 2.20. The minimum absolute atomic E-state index is 0.626. The second-order valence-corrected chi connectivity index (χ2v) is 17.7. The van der Waals surface area contributed by atoms with E-state index in [2.05, 4.69) is 120 Å². The molecule has 60 heavy (non-hydrogen) atoms. The van der Waals surface area contributed by atoms with Crippen LogP contribution in [0.15, 0.2) is 204 Å². The van der Waals surface area contributed by atoms with Gasteiger partial charge in [-0.15, -0.1) is 34.0 Å². The summed E-state index contributed by atoms with van der Waals surface area (Å²) in [5, 5.41) is 7.05. The van der Waals surface area contributed by atoms with E-state index in [0.717, 1.165) is 66.9 Å². The predicted molar refractivity (Wildman–Crippen MR) is 259 cm³/mol. The lowest BCUT2D eigenvalue weighted by Crippen LogP contribution is -2.04. The highest BCUT2D eigenvalue weighted by molar-refractivity contribution is 7.48. The summed E-state index contributed by atoms with van der Waals surface area (Å²) >= 11 is 5.43. The Morgan fingerprint density at radius 3 is 1.53 bits per heavy atom. The first kappa shape index (κ1) is 37.4. The molecule has 0 unspecified atom stereocenters. The Balaban J connectivity index is 0.996. The predicted octanol–water partition coefficient (Wildman–Crippen LogP) is 15.2. The van der Waals surface area contributed by atoms with Crippen molar-refractivity contribution in [3.8, 4) is 55.9 Å². The molecule has 0 saturated carbocycles. The molecule has 0 aliphatic heterocycles. The van der Waals surface area contributed by atoms with E-state index in [1.165, 1.54) is 24.4 Å². The minimum atomic E-state index is 0.626. The molecule has 0 amide bonds. The summed E-state index contributed by atoms with van der Waals surface area (Å²) in [5.41, 5.74) is 14.5. The first-order valence-electron chi connectivity index (χ1n) is 19.6. The third kappa shape index (κ3) is 7.46. The van der Waals surface area contributed by atoms with E-state index < -0.39 is 0 Å². The Morgan fingerprint density at radius 1 is 0.467 bits per heavy atom. The Kier molecular flexibility index (Phi) is 10.2. The maximum absolute atomic E-state index is 5.05. The quantitative estimate of drug-likeness (QED) is 0.108. The molecule has 0 aliphatic carbocycles. The van der Waals surface area contributed by atoms with E-state index in [1.807, 2.05) is 91.3 Å². The lowest BCUT2D eigenvalue weighted by Gasteiger charge is -2.11. The van der Waals surface area contributed by atoms with E-state index in [4.69, 9.17) is 20.0 Å². The van der Waals surface area contributed by atoms with Gasteiger partial charge in [0, 0.05) is 73.0 Å². The summed E-state index contributed by atoms with van der Waals surface area (Å²) < 4.78 is 2.60. The van der Waals surface area contributed by atoms with Gasteiger partial charge in [-0.2, -0.15) is 0 Å². The Hall–Kier alpha value is -6.90. The van der Waals surface area contributed by atoms with Gasteiger partial charge >= 0.3 is 0 Å². The van der Waals surface area contributed by atoms with Gasteiger partial charge in [-0.25, -0.2) is 20.0 Å². The molecular formula is C53H36N4S3. The van der Waals surface area contributed by atoms with Crippen molar-refractivity contribution in [2.75, 3.05) is 0 Å². The summed E-state index contributed by atoms with van der Waals surface area (Å²) in [6.07, 6.45) is 3.96. The summed E-state index contributed by atoms with van der Waals surface area (Å²) in [7, 11) is 0. The molecule has 0 fully saturated rings. The molecule has 10 aromatic rings. The van der Waals surface area contributed by atoms with Gasteiger partial charge in [-0.1, -0.05) is 146 Å². The Bertz CT molecular complexity index is 3140. The van der Waals surface area contributed by atoms with Crippen LogP contribution in [0.3, 0.4) is 0 Å². The van der Waals surface area contributed by atoms with Crippen LogP contribution < -0.4 is 0 Å². The number of hydrogen-bond acceptors (Lipinski definition) is 6. The van der Waals surface area contributed by atoms with Gasteiger partial charge in [0.05, 0.1) is 13.7 Å². The molecule has 286 valence electrons. The van der Waals surface area contributed by atoms with Crippen molar-refractivity contribution in [3.63, 3.8) is 0 Å². The van der Waals surface area contributed by atoms with Crippen molar-refractivity contribution < 1.29 is 0 Å². The molecule has 4 heterocycles. The van der Waals surface area contributed by atoms with E-state index in [-0.39, 0.29) is 0 Å². The SMILES string of the molecule is C=C(N=C(N=C(C)c1ccccc1)c1ccccc1)c1cccc(-c2csc3sc4scc(-c5cnc(-c6cc(-c7ccccc7)cc(-c7ccccc7)c6)nc5)c4c23)c1. The number of nitrogens with zero attached hydrogens (tertiary/aromatic N) is 4. The summed E-state index contributed by atoms with van der Waals surface area (Å²) in [4.78, 5) is 20.0. The van der Waals surface area contributed by atoms with Gasteiger partial charge in [-0.3, -0.25) is 0 Å². The Morgan fingerprint density at radius 2 is 0.950 bits per heavy atom. The van der Waals surface area contributed by atoms with Crippen molar-refractivity contribution in [3.05, 3.63) is 210 Å². The van der Waals surface area contributed by atoms with Crippen molar-refractivity contribution in [1.29, 1.82) is 0 Å². The molecule has 0 radical (unpaired) electrons. The minimum Gasteiger partial charge on any atom is -0.236 e. The van der Waals surface area contributed by atoms with Crippen LogP contribution in [-0.2, 0) is 0 Å². The molecule has 4 aromatic heterocycles. The first-order valence-corrected chi connectivity index (χ1v) is 22.2. The van der Waals surface area contributed by atoms with E-state index in [1.54, 1.807) is 22.7 Å². The number of benzene rings is 6. The third-order valence-corrected chi connectivity index (χ3v) is 14.0. The molecule has 0 atom stereocenters. The number of amidine groups is 1. The van der Waals surface area contributed by atoms with Gasteiger partial charge in [-0.05, 0) is 64.6 Å². The average molecular weight is 825 g/mol. The summed E-state index contributed by atoms with van der Waals surface area (Å²) in [6.45, 7) is 6.47. The fourth-order valence-corrected chi connectivity index (χ4v) is 11.2. The van der Waals surface area contributed by atoms with Crippen LogP contribution in [0.1, 0.15) is 23.6 Å². The van der Waals surface area contributed by atoms with Gasteiger partial charge in [0.1, 0.15) is 0 Å². The highest BCUT2D eigenvalue weighted by atomic mass is 32.2.